The number of rotatable bonds is 3. The number of carbonyl (C=O) groups is 1. The summed E-state index contributed by atoms with van der Waals surface area (Å²) in [5.41, 5.74) is 4.21. The molecule has 0 aliphatic carbocycles. The number of nitrogens with one attached hydrogen (secondary N) is 1. The number of aromatic amines is 1. The number of amides is 1. The molecule has 0 bridgehead atoms. The zero-order chi connectivity index (χ0) is 21.7. The Morgan fingerprint density at radius 1 is 1.16 bits per heavy atom. The monoisotopic (exact) mass is 422 g/mol. The molecular formula is C23H27FN6O. The van der Waals surface area contributed by atoms with E-state index in [1.807, 2.05) is 25.7 Å². The molecule has 2 aliphatic rings. The number of hydrogen-bond acceptors (Lipinski definition) is 5. The van der Waals surface area contributed by atoms with Gasteiger partial charge in [-0.05, 0) is 51.0 Å². The number of halogens is 1. The smallest absolute Gasteiger partial charge is 0.254 e. The van der Waals surface area contributed by atoms with E-state index >= 15 is 0 Å². The molecule has 0 unspecified atom stereocenters. The minimum Gasteiger partial charge on any atom is -0.339 e. The molecule has 2 atom stereocenters. The molecular weight excluding hydrogens is 395 g/mol. The van der Waals surface area contributed by atoms with Crippen molar-refractivity contribution >= 4 is 11.9 Å². The molecule has 31 heavy (non-hydrogen) atoms. The SMILES string of the molecule is Cc1nc(N2CC[C@@H]3CN(C(=O)c4cccc(F)c4-c4ccn[nH]4)[C@@H]3C2)nc(C)c1C.[HH]. The van der Waals surface area contributed by atoms with Crippen LogP contribution >= 0.6 is 0 Å². The van der Waals surface area contributed by atoms with Crippen LogP contribution in [0.5, 0.6) is 0 Å². The first-order chi connectivity index (χ1) is 14.9. The van der Waals surface area contributed by atoms with E-state index < -0.39 is 5.82 Å². The summed E-state index contributed by atoms with van der Waals surface area (Å²) >= 11 is 0. The summed E-state index contributed by atoms with van der Waals surface area (Å²) in [5, 5.41) is 6.69. The number of carbonyl (C=O) groups excluding carboxylic acids is 1. The predicted molar refractivity (Wildman–Crippen MR) is 117 cm³/mol. The Labute approximate surface area is 181 Å². The molecule has 2 aliphatic heterocycles. The Morgan fingerprint density at radius 3 is 2.65 bits per heavy atom. The highest BCUT2D eigenvalue weighted by atomic mass is 19.1. The Hall–Kier alpha value is -3.29. The second-order valence-electron chi connectivity index (χ2n) is 8.47. The van der Waals surface area contributed by atoms with E-state index in [1.54, 1.807) is 24.4 Å². The van der Waals surface area contributed by atoms with Crippen molar-refractivity contribution in [3.63, 3.8) is 0 Å². The van der Waals surface area contributed by atoms with E-state index in [9.17, 15) is 9.18 Å². The number of hydrogen-bond donors (Lipinski definition) is 1. The number of benzene rings is 1. The molecule has 8 heteroatoms. The number of aromatic nitrogens is 4. The molecule has 0 saturated carbocycles. The third-order valence-corrected chi connectivity index (χ3v) is 6.73. The van der Waals surface area contributed by atoms with E-state index in [4.69, 9.17) is 0 Å². The number of piperidine rings is 1. The normalized spacial score (nSPS) is 20.4. The van der Waals surface area contributed by atoms with Crippen molar-refractivity contribution < 1.29 is 10.6 Å². The summed E-state index contributed by atoms with van der Waals surface area (Å²) in [6.45, 7) is 8.30. The average Bonchev–Trinajstić information content (AvgIpc) is 3.26. The summed E-state index contributed by atoms with van der Waals surface area (Å²) < 4.78 is 14.6. The maximum absolute atomic E-state index is 14.6. The van der Waals surface area contributed by atoms with Gasteiger partial charge in [0, 0.05) is 50.1 Å². The van der Waals surface area contributed by atoms with E-state index in [1.165, 1.54) is 6.07 Å². The predicted octanol–water partition coefficient (Wildman–Crippen LogP) is 3.53. The third kappa shape index (κ3) is 3.26. The van der Waals surface area contributed by atoms with Gasteiger partial charge in [-0.25, -0.2) is 14.4 Å². The van der Waals surface area contributed by atoms with Gasteiger partial charge >= 0.3 is 0 Å². The minimum atomic E-state index is -0.434. The Morgan fingerprint density at radius 2 is 1.94 bits per heavy atom. The van der Waals surface area contributed by atoms with Gasteiger partial charge in [-0.15, -0.1) is 0 Å². The lowest BCUT2D eigenvalue weighted by Gasteiger charge is -2.53. The number of aryl methyl sites for hydroxylation is 2. The maximum atomic E-state index is 14.6. The van der Waals surface area contributed by atoms with Crippen molar-refractivity contribution in [3.05, 3.63) is 58.8 Å². The van der Waals surface area contributed by atoms with Crippen LogP contribution in [0.2, 0.25) is 0 Å². The van der Waals surface area contributed by atoms with Gasteiger partial charge in [-0.2, -0.15) is 5.10 Å². The van der Waals surface area contributed by atoms with Crippen molar-refractivity contribution in [1.29, 1.82) is 0 Å². The maximum Gasteiger partial charge on any atom is 0.254 e. The Kier molecular flexibility index (Phi) is 4.72. The highest BCUT2D eigenvalue weighted by Gasteiger charge is 2.46. The molecule has 4 heterocycles. The summed E-state index contributed by atoms with van der Waals surface area (Å²) in [5.74, 6) is 0.597. The molecule has 2 aromatic heterocycles. The first-order valence-corrected chi connectivity index (χ1v) is 10.6. The first-order valence-electron chi connectivity index (χ1n) is 10.6. The van der Waals surface area contributed by atoms with E-state index in [-0.39, 0.29) is 18.9 Å². The molecule has 1 N–H and O–H groups in total. The summed E-state index contributed by atoms with van der Waals surface area (Å²) in [7, 11) is 0. The molecule has 3 aromatic rings. The third-order valence-electron chi connectivity index (χ3n) is 6.73. The highest BCUT2D eigenvalue weighted by molar-refractivity contribution is 6.01. The van der Waals surface area contributed by atoms with Crippen molar-refractivity contribution in [2.45, 2.75) is 33.2 Å². The standard InChI is InChI=1S/C23H25FN6O.H2/c1-13-14(2)26-23(27-15(13)3)29-10-8-16-11-30(20(16)12-29)22(31)17-5-4-6-18(24)21(17)19-7-9-25-28-19;/h4-7,9,16,20H,8,10-12H2,1-3H3,(H,25,28);1H/t16-,20-;/m1./s1. The van der Waals surface area contributed by atoms with Crippen LogP contribution in [0.25, 0.3) is 11.3 Å². The molecule has 1 aromatic carbocycles. The van der Waals surface area contributed by atoms with Crippen LogP contribution in [0.3, 0.4) is 0 Å². The minimum absolute atomic E-state index is 0. The van der Waals surface area contributed by atoms with Crippen LogP contribution in [0, 0.1) is 32.5 Å². The Bertz CT molecular complexity index is 1130. The van der Waals surface area contributed by atoms with Crippen LogP contribution in [0.15, 0.2) is 30.5 Å². The fourth-order valence-electron chi connectivity index (χ4n) is 4.63. The topological polar surface area (TPSA) is 78.0 Å². The fourth-order valence-corrected chi connectivity index (χ4v) is 4.63. The van der Waals surface area contributed by atoms with Crippen molar-refractivity contribution in [2.24, 2.45) is 5.92 Å². The van der Waals surface area contributed by atoms with Gasteiger partial charge in [-0.3, -0.25) is 9.89 Å². The Balaban J connectivity index is 0.00000245. The van der Waals surface area contributed by atoms with Gasteiger partial charge in [-0.1, -0.05) is 6.07 Å². The second kappa shape index (κ2) is 7.44. The summed E-state index contributed by atoms with van der Waals surface area (Å²) in [6.07, 6.45) is 2.54. The lowest BCUT2D eigenvalue weighted by Crippen LogP contribution is -2.66. The van der Waals surface area contributed by atoms with Gasteiger partial charge in [0.05, 0.1) is 17.3 Å². The number of nitrogens with zero attached hydrogens (tertiary/aromatic N) is 5. The van der Waals surface area contributed by atoms with Gasteiger partial charge in [0.2, 0.25) is 5.95 Å². The molecule has 162 valence electrons. The van der Waals surface area contributed by atoms with Gasteiger partial charge in [0.15, 0.2) is 0 Å². The lowest BCUT2D eigenvalue weighted by atomic mass is 9.81. The fraction of sp³-hybridized carbons (Fsp3) is 0.391. The van der Waals surface area contributed by atoms with E-state index in [0.717, 1.165) is 35.9 Å². The second-order valence-corrected chi connectivity index (χ2v) is 8.47. The molecule has 7 nitrogen and oxygen atoms in total. The number of likely N-dealkylation sites (tertiary alicyclic amines) is 1. The van der Waals surface area contributed by atoms with Crippen LogP contribution in [-0.4, -0.2) is 56.6 Å². The molecule has 5 rings (SSSR count). The molecule has 0 spiro atoms. The molecule has 0 radical (unpaired) electrons. The number of anilines is 1. The first kappa shape index (κ1) is 19.7. The van der Waals surface area contributed by atoms with E-state index in [0.29, 0.717) is 30.3 Å². The quantitative estimate of drug-likeness (QED) is 0.699. The van der Waals surface area contributed by atoms with E-state index in [2.05, 4.69) is 25.1 Å². The van der Waals surface area contributed by atoms with Crippen molar-refractivity contribution in [3.8, 4) is 11.3 Å². The lowest BCUT2D eigenvalue weighted by molar-refractivity contribution is 0.00771. The summed E-state index contributed by atoms with van der Waals surface area (Å²) in [6, 6.07) is 6.39. The zero-order valence-corrected chi connectivity index (χ0v) is 17.9. The highest BCUT2D eigenvalue weighted by Crippen LogP contribution is 2.36. The molecule has 2 saturated heterocycles. The van der Waals surface area contributed by atoms with Crippen molar-refractivity contribution in [2.75, 3.05) is 24.5 Å². The zero-order valence-electron chi connectivity index (χ0n) is 17.9. The van der Waals surface area contributed by atoms with Gasteiger partial charge in [0.1, 0.15) is 5.82 Å². The summed E-state index contributed by atoms with van der Waals surface area (Å²) in [4.78, 5) is 26.8. The van der Waals surface area contributed by atoms with Crippen LogP contribution in [-0.2, 0) is 0 Å². The number of H-pyrrole nitrogens is 1. The average molecular weight is 423 g/mol. The van der Waals surface area contributed by atoms with Crippen molar-refractivity contribution in [1.82, 2.24) is 25.1 Å². The molecule has 1 amide bonds. The largest absolute Gasteiger partial charge is 0.339 e. The van der Waals surface area contributed by atoms with Gasteiger partial charge < -0.3 is 9.80 Å². The van der Waals surface area contributed by atoms with Gasteiger partial charge in [0.25, 0.3) is 5.91 Å². The van der Waals surface area contributed by atoms with Crippen LogP contribution in [0.1, 0.15) is 35.2 Å². The van der Waals surface area contributed by atoms with Crippen LogP contribution < -0.4 is 4.90 Å². The van der Waals surface area contributed by atoms with Crippen LogP contribution in [0.4, 0.5) is 10.3 Å². The molecule has 2 fully saturated rings. The number of fused-ring (bicyclic) bond motifs is 1.